The van der Waals surface area contributed by atoms with Crippen molar-refractivity contribution in [3.05, 3.63) is 90.6 Å². The van der Waals surface area contributed by atoms with E-state index in [0.717, 1.165) is 17.0 Å². The Kier molecular flexibility index (Phi) is 5.48. The average molecular weight is 399 g/mol. The van der Waals surface area contributed by atoms with Crippen LogP contribution in [0.25, 0.3) is 16.9 Å². The number of hydrogen-bond donors (Lipinski definition) is 1. The maximum atomic E-state index is 13.1. The topological polar surface area (TPSA) is 65.4 Å². The zero-order valence-corrected chi connectivity index (χ0v) is 16.7. The molecule has 4 aromatic rings. The summed E-state index contributed by atoms with van der Waals surface area (Å²) < 4.78 is 12.2. The highest BCUT2D eigenvalue weighted by Crippen LogP contribution is 2.27. The molecule has 150 valence electrons. The fourth-order valence-electron chi connectivity index (χ4n) is 3.11. The van der Waals surface area contributed by atoms with Crippen LogP contribution in [0, 0.1) is 0 Å². The van der Waals surface area contributed by atoms with Crippen molar-refractivity contribution >= 4 is 11.6 Å². The van der Waals surface area contributed by atoms with E-state index in [1.54, 1.807) is 31.2 Å². The van der Waals surface area contributed by atoms with Gasteiger partial charge in [-0.05, 0) is 48.5 Å². The summed E-state index contributed by atoms with van der Waals surface area (Å²) in [6, 6.07) is 24.4. The lowest BCUT2D eigenvalue weighted by molar-refractivity contribution is 0.102. The monoisotopic (exact) mass is 399 g/mol. The summed E-state index contributed by atoms with van der Waals surface area (Å²) >= 11 is 0. The second kappa shape index (κ2) is 8.53. The van der Waals surface area contributed by atoms with Crippen LogP contribution in [0.1, 0.15) is 10.4 Å². The SMILES string of the molecule is COc1ccc(-c2nn(-c3ccccc3)cc2C(=O)Nc2cccc(OC)c2)cc1. The molecule has 6 heteroatoms. The first-order chi connectivity index (χ1) is 14.7. The first-order valence-electron chi connectivity index (χ1n) is 9.43. The number of nitrogens with zero attached hydrogens (tertiary/aromatic N) is 2. The molecule has 0 fully saturated rings. The molecule has 3 aromatic carbocycles. The predicted molar refractivity (Wildman–Crippen MR) is 116 cm³/mol. The molecule has 0 saturated heterocycles. The Morgan fingerprint density at radius 1 is 0.867 bits per heavy atom. The molecule has 30 heavy (non-hydrogen) atoms. The molecule has 0 aliphatic carbocycles. The van der Waals surface area contributed by atoms with Crippen molar-refractivity contribution in [3.8, 4) is 28.4 Å². The molecular weight excluding hydrogens is 378 g/mol. The molecule has 1 aromatic heterocycles. The minimum Gasteiger partial charge on any atom is -0.497 e. The molecule has 0 saturated carbocycles. The number of para-hydroxylation sites is 1. The van der Waals surface area contributed by atoms with Crippen LogP contribution in [0.5, 0.6) is 11.5 Å². The third-order valence-corrected chi connectivity index (χ3v) is 4.67. The lowest BCUT2D eigenvalue weighted by Crippen LogP contribution is -2.12. The summed E-state index contributed by atoms with van der Waals surface area (Å²) in [5, 5.41) is 7.63. The van der Waals surface area contributed by atoms with Gasteiger partial charge in [-0.15, -0.1) is 0 Å². The quantitative estimate of drug-likeness (QED) is 0.505. The number of rotatable bonds is 6. The van der Waals surface area contributed by atoms with Crippen molar-refractivity contribution < 1.29 is 14.3 Å². The van der Waals surface area contributed by atoms with E-state index in [4.69, 9.17) is 14.6 Å². The van der Waals surface area contributed by atoms with Crippen LogP contribution < -0.4 is 14.8 Å². The molecule has 1 N–H and O–H groups in total. The Labute approximate surface area is 174 Å². The molecule has 0 unspecified atom stereocenters. The van der Waals surface area contributed by atoms with Gasteiger partial charge in [-0.2, -0.15) is 5.10 Å². The van der Waals surface area contributed by atoms with Gasteiger partial charge in [-0.25, -0.2) is 4.68 Å². The molecule has 0 spiro atoms. The largest absolute Gasteiger partial charge is 0.497 e. The van der Waals surface area contributed by atoms with E-state index in [0.29, 0.717) is 22.7 Å². The van der Waals surface area contributed by atoms with Gasteiger partial charge >= 0.3 is 0 Å². The molecule has 1 heterocycles. The van der Waals surface area contributed by atoms with Gasteiger partial charge in [-0.3, -0.25) is 4.79 Å². The van der Waals surface area contributed by atoms with E-state index >= 15 is 0 Å². The Bertz CT molecular complexity index is 1150. The van der Waals surface area contributed by atoms with E-state index in [-0.39, 0.29) is 5.91 Å². The predicted octanol–water partition coefficient (Wildman–Crippen LogP) is 4.81. The average Bonchev–Trinajstić information content (AvgIpc) is 3.25. The highest BCUT2D eigenvalue weighted by molar-refractivity contribution is 6.08. The van der Waals surface area contributed by atoms with Gasteiger partial charge in [0.25, 0.3) is 5.91 Å². The normalized spacial score (nSPS) is 10.5. The van der Waals surface area contributed by atoms with E-state index in [9.17, 15) is 4.79 Å². The second-order valence-electron chi connectivity index (χ2n) is 6.59. The van der Waals surface area contributed by atoms with Crippen LogP contribution >= 0.6 is 0 Å². The van der Waals surface area contributed by atoms with Crippen molar-refractivity contribution in [2.24, 2.45) is 0 Å². The van der Waals surface area contributed by atoms with Gasteiger partial charge in [0.2, 0.25) is 0 Å². The van der Waals surface area contributed by atoms with E-state index in [2.05, 4.69) is 5.32 Å². The number of ether oxygens (including phenoxy) is 2. The summed E-state index contributed by atoms with van der Waals surface area (Å²) in [6.45, 7) is 0. The Morgan fingerprint density at radius 3 is 2.30 bits per heavy atom. The summed E-state index contributed by atoms with van der Waals surface area (Å²) in [7, 11) is 3.21. The molecule has 0 radical (unpaired) electrons. The number of hydrogen-bond acceptors (Lipinski definition) is 4. The third-order valence-electron chi connectivity index (χ3n) is 4.67. The lowest BCUT2D eigenvalue weighted by Gasteiger charge is -2.07. The number of carbonyl (C=O) groups is 1. The van der Waals surface area contributed by atoms with E-state index in [1.807, 2.05) is 72.8 Å². The maximum Gasteiger partial charge on any atom is 0.259 e. The molecule has 0 bridgehead atoms. The molecule has 0 aliphatic rings. The number of anilines is 1. The summed E-state index contributed by atoms with van der Waals surface area (Å²) in [6.07, 6.45) is 1.74. The Balaban J connectivity index is 1.74. The minimum absolute atomic E-state index is 0.253. The Morgan fingerprint density at radius 2 is 1.60 bits per heavy atom. The van der Waals surface area contributed by atoms with Gasteiger partial charge in [0.15, 0.2) is 0 Å². The van der Waals surface area contributed by atoms with Crippen LogP contribution in [-0.4, -0.2) is 29.9 Å². The Hall–Kier alpha value is -4.06. The number of methoxy groups -OCH3 is 2. The van der Waals surface area contributed by atoms with Crippen LogP contribution in [0.3, 0.4) is 0 Å². The van der Waals surface area contributed by atoms with Crippen molar-refractivity contribution in [1.82, 2.24) is 9.78 Å². The van der Waals surface area contributed by atoms with Crippen LogP contribution in [0.4, 0.5) is 5.69 Å². The first kappa shape index (κ1) is 19.3. The van der Waals surface area contributed by atoms with Crippen molar-refractivity contribution in [2.75, 3.05) is 19.5 Å². The summed E-state index contributed by atoms with van der Waals surface area (Å²) in [5.41, 5.74) is 3.38. The van der Waals surface area contributed by atoms with Gasteiger partial charge < -0.3 is 14.8 Å². The van der Waals surface area contributed by atoms with Gasteiger partial charge in [0.05, 0.1) is 25.5 Å². The van der Waals surface area contributed by atoms with Gasteiger partial charge in [-0.1, -0.05) is 24.3 Å². The van der Waals surface area contributed by atoms with Crippen LogP contribution in [0.15, 0.2) is 85.1 Å². The molecule has 1 amide bonds. The number of nitrogens with one attached hydrogen (secondary N) is 1. The fourth-order valence-corrected chi connectivity index (χ4v) is 3.11. The molecule has 0 atom stereocenters. The fraction of sp³-hybridized carbons (Fsp3) is 0.0833. The molecule has 6 nitrogen and oxygen atoms in total. The zero-order valence-electron chi connectivity index (χ0n) is 16.7. The summed E-state index contributed by atoms with van der Waals surface area (Å²) in [5.74, 6) is 1.16. The zero-order chi connectivity index (χ0) is 20.9. The number of amides is 1. The molecular formula is C24H21N3O3. The molecule has 4 rings (SSSR count). The van der Waals surface area contributed by atoms with Crippen LogP contribution in [-0.2, 0) is 0 Å². The highest BCUT2D eigenvalue weighted by Gasteiger charge is 2.19. The minimum atomic E-state index is -0.253. The lowest BCUT2D eigenvalue weighted by atomic mass is 10.1. The number of aromatic nitrogens is 2. The van der Waals surface area contributed by atoms with Gasteiger partial charge in [0.1, 0.15) is 17.2 Å². The van der Waals surface area contributed by atoms with E-state index < -0.39 is 0 Å². The summed E-state index contributed by atoms with van der Waals surface area (Å²) in [4.78, 5) is 13.1. The second-order valence-corrected chi connectivity index (χ2v) is 6.59. The van der Waals surface area contributed by atoms with Crippen molar-refractivity contribution in [1.29, 1.82) is 0 Å². The van der Waals surface area contributed by atoms with Crippen molar-refractivity contribution in [2.45, 2.75) is 0 Å². The molecule has 0 aliphatic heterocycles. The number of benzene rings is 3. The number of carbonyl (C=O) groups excluding carboxylic acids is 1. The maximum absolute atomic E-state index is 13.1. The van der Waals surface area contributed by atoms with E-state index in [1.165, 1.54) is 0 Å². The third kappa shape index (κ3) is 4.03. The van der Waals surface area contributed by atoms with Crippen molar-refractivity contribution in [3.63, 3.8) is 0 Å². The van der Waals surface area contributed by atoms with Gasteiger partial charge in [0, 0.05) is 23.5 Å². The smallest absolute Gasteiger partial charge is 0.259 e. The van der Waals surface area contributed by atoms with Crippen LogP contribution in [0.2, 0.25) is 0 Å². The standard InChI is InChI=1S/C24H21N3O3/c1-29-20-13-11-17(12-14-20)23-22(16-27(26-23)19-8-4-3-5-9-19)24(28)25-18-7-6-10-21(15-18)30-2/h3-16H,1-2H3,(H,25,28). The first-order valence-corrected chi connectivity index (χ1v) is 9.43. The highest BCUT2D eigenvalue weighted by atomic mass is 16.5.